The molecule has 2 N–H and O–H groups in total. The zero-order valence-electron chi connectivity index (χ0n) is 16.8. The van der Waals surface area contributed by atoms with Crippen LogP contribution in [0.4, 0.5) is 5.69 Å². The molecule has 31 heavy (non-hydrogen) atoms. The highest BCUT2D eigenvalue weighted by atomic mass is 35.5. The molecule has 6 nitrogen and oxygen atoms in total. The van der Waals surface area contributed by atoms with Gasteiger partial charge in [0.15, 0.2) is 0 Å². The van der Waals surface area contributed by atoms with Gasteiger partial charge in [-0.1, -0.05) is 41.9 Å². The maximum atomic E-state index is 12.8. The molecule has 0 saturated heterocycles. The first-order valence-electron chi connectivity index (χ1n) is 9.73. The van der Waals surface area contributed by atoms with Crippen LogP contribution in [0, 0.1) is 6.92 Å². The Kier molecular flexibility index (Phi) is 5.89. The molecule has 0 radical (unpaired) electrons. The number of hydrogen-bond donors (Lipinski definition) is 2. The average molecular weight is 457 g/mol. The molecule has 1 aliphatic heterocycles. The van der Waals surface area contributed by atoms with Gasteiger partial charge in [-0.05, 0) is 54.4 Å². The molecular formula is C23H21ClN2O4S. The second-order valence-electron chi connectivity index (χ2n) is 7.38. The molecule has 8 heteroatoms. The van der Waals surface area contributed by atoms with E-state index >= 15 is 0 Å². The molecule has 0 bridgehead atoms. The van der Waals surface area contributed by atoms with Crippen LogP contribution in [0.15, 0.2) is 71.6 Å². The number of benzene rings is 3. The van der Waals surface area contributed by atoms with E-state index in [0.29, 0.717) is 12.1 Å². The number of anilines is 1. The van der Waals surface area contributed by atoms with Gasteiger partial charge in [0.2, 0.25) is 0 Å². The highest BCUT2D eigenvalue weighted by Crippen LogP contribution is 2.28. The van der Waals surface area contributed by atoms with Gasteiger partial charge in [0, 0.05) is 12.1 Å². The number of ether oxygens (including phenoxy) is 1. The molecule has 0 saturated carbocycles. The third-order valence-corrected chi connectivity index (χ3v) is 6.68. The van der Waals surface area contributed by atoms with Crippen LogP contribution >= 0.6 is 11.6 Å². The molecule has 0 aromatic heterocycles. The van der Waals surface area contributed by atoms with Gasteiger partial charge < -0.3 is 10.1 Å². The van der Waals surface area contributed by atoms with E-state index in [9.17, 15) is 13.2 Å². The van der Waals surface area contributed by atoms with Crippen molar-refractivity contribution in [1.29, 1.82) is 0 Å². The molecule has 1 unspecified atom stereocenters. The van der Waals surface area contributed by atoms with Crippen molar-refractivity contribution in [3.63, 3.8) is 0 Å². The smallest absolute Gasteiger partial charge is 0.261 e. The summed E-state index contributed by atoms with van der Waals surface area (Å²) in [6.07, 6.45) is 0.508. The summed E-state index contributed by atoms with van der Waals surface area (Å²) in [4.78, 5) is 12.7. The molecule has 0 aliphatic carbocycles. The van der Waals surface area contributed by atoms with E-state index in [1.165, 1.54) is 18.2 Å². The first-order valence-corrected chi connectivity index (χ1v) is 11.6. The van der Waals surface area contributed by atoms with Crippen molar-refractivity contribution < 1.29 is 17.9 Å². The van der Waals surface area contributed by atoms with Crippen LogP contribution < -0.4 is 14.8 Å². The Labute approximate surface area is 186 Å². The molecule has 1 atom stereocenters. The fourth-order valence-electron chi connectivity index (χ4n) is 3.44. The fraction of sp³-hybridized carbons (Fsp3) is 0.174. The molecule has 1 aliphatic rings. The summed E-state index contributed by atoms with van der Waals surface area (Å²) in [5.41, 5.74) is 2.55. The van der Waals surface area contributed by atoms with Gasteiger partial charge in [-0.25, -0.2) is 8.42 Å². The van der Waals surface area contributed by atoms with Gasteiger partial charge in [-0.2, -0.15) is 0 Å². The van der Waals surface area contributed by atoms with Crippen LogP contribution in [-0.2, 0) is 16.4 Å². The minimum absolute atomic E-state index is 0.0481. The van der Waals surface area contributed by atoms with Crippen LogP contribution in [0.2, 0.25) is 5.02 Å². The van der Waals surface area contributed by atoms with Crippen molar-refractivity contribution in [1.82, 2.24) is 5.32 Å². The Morgan fingerprint density at radius 1 is 1.10 bits per heavy atom. The van der Waals surface area contributed by atoms with Crippen LogP contribution in [0.5, 0.6) is 5.75 Å². The lowest BCUT2D eigenvalue weighted by Crippen LogP contribution is -2.34. The number of hydrogen-bond acceptors (Lipinski definition) is 4. The summed E-state index contributed by atoms with van der Waals surface area (Å²) in [7, 11) is -3.88. The van der Waals surface area contributed by atoms with Gasteiger partial charge in [0.25, 0.3) is 15.9 Å². The third-order valence-electron chi connectivity index (χ3n) is 4.97. The lowest BCUT2D eigenvalue weighted by atomic mass is 10.1. The summed E-state index contributed by atoms with van der Waals surface area (Å²) in [5.74, 6) is 0.354. The molecule has 4 rings (SSSR count). The quantitative estimate of drug-likeness (QED) is 0.582. The average Bonchev–Trinajstić information content (AvgIpc) is 3.15. The van der Waals surface area contributed by atoms with Gasteiger partial charge in [0.1, 0.15) is 11.9 Å². The highest BCUT2D eigenvalue weighted by molar-refractivity contribution is 7.92. The predicted molar refractivity (Wildman–Crippen MR) is 120 cm³/mol. The Morgan fingerprint density at radius 3 is 2.68 bits per heavy atom. The van der Waals surface area contributed by atoms with Gasteiger partial charge in [-0.3, -0.25) is 9.52 Å². The number of rotatable bonds is 6. The van der Waals surface area contributed by atoms with E-state index in [-0.39, 0.29) is 28.1 Å². The summed E-state index contributed by atoms with van der Waals surface area (Å²) in [5, 5.41) is 2.96. The van der Waals surface area contributed by atoms with E-state index in [4.69, 9.17) is 16.3 Å². The second kappa shape index (κ2) is 8.61. The number of aryl methyl sites for hydroxylation is 1. The second-order valence-corrected chi connectivity index (χ2v) is 9.47. The predicted octanol–water partition coefficient (Wildman–Crippen LogP) is 4.18. The number of amides is 1. The van der Waals surface area contributed by atoms with E-state index in [0.717, 1.165) is 16.9 Å². The number of sulfonamides is 1. The standard InChI is InChI=1S/C23H21ClN2O4S/c1-15-5-4-7-17(11-15)26-31(28,29)19-9-10-21(24)20(13-19)23(27)25-14-18-12-16-6-2-3-8-22(16)30-18/h2-11,13,18,26H,12,14H2,1H3,(H,25,27). The lowest BCUT2D eigenvalue weighted by Gasteiger charge is -2.14. The Hall–Kier alpha value is -3.03. The minimum atomic E-state index is -3.88. The lowest BCUT2D eigenvalue weighted by molar-refractivity contribution is 0.0933. The molecule has 160 valence electrons. The highest BCUT2D eigenvalue weighted by Gasteiger charge is 2.24. The number of carbonyl (C=O) groups excluding carboxylic acids is 1. The number of halogens is 1. The SMILES string of the molecule is Cc1cccc(NS(=O)(=O)c2ccc(Cl)c(C(=O)NCC3Cc4ccccc4O3)c2)c1. The molecular weight excluding hydrogens is 436 g/mol. The summed E-state index contributed by atoms with van der Waals surface area (Å²) in [6.45, 7) is 2.15. The number of para-hydroxylation sites is 1. The fourth-order valence-corrected chi connectivity index (χ4v) is 4.72. The van der Waals surface area contributed by atoms with E-state index < -0.39 is 15.9 Å². The van der Waals surface area contributed by atoms with Crippen molar-refractivity contribution in [2.24, 2.45) is 0 Å². The Morgan fingerprint density at radius 2 is 1.90 bits per heavy atom. The first kappa shape index (κ1) is 21.2. The van der Waals surface area contributed by atoms with E-state index in [1.54, 1.807) is 18.2 Å². The molecule has 0 fully saturated rings. The van der Waals surface area contributed by atoms with Crippen LogP contribution in [0.25, 0.3) is 0 Å². The van der Waals surface area contributed by atoms with Crippen molar-refractivity contribution in [3.05, 3.63) is 88.4 Å². The largest absolute Gasteiger partial charge is 0.488 e. The molecule has 1 heterocycles. The normalized spacial score (nSPS) is 15.1. The minimum Gasteiger partial charge on any atom is -0.488 e. The van der Waals surface area contributed by atoms with Crippen molar-refractivity contribution in [3.8, 4) is 5.75 Å². The number of nitrogens with one attached hydrogen (secondary N) is 2. The zero-order chi connectivity index (χ0) is 22.0. The summed E-state index contributed by atoms with van der Waals surface area (Å²) in [6, 6.07) is 18.8. The van der Waals surface area contributed by atoms with Crippen molar-refractivity contribution >= 4 is 33.2 Å². The Bertz CT molecular complexity index is 1220. The topological polar surface area (TPSA) is 84.5 Å². The zero-order valence-corrected chi connectivity index (χ0v) is 18.3. The van der Waals surface area contributed by atoms with Crippen LogP contribution in [-0.4, -0.2) is 27.0 Å². The van der Waals surface area contributed by atoms with Crippen LogP contribution in [0.3, 0.4) is 0 Å². The molecule has 0 spiro atoms. The summed E-state index contributed by atoms with van der Waals surface area (Å²) >= 11 is 6.18. The monoisotopic (exact) mass is 456 g/mol. The van der Waals surface area contributed by atoms with Gasteiger partial charge in [0.05, 0.1) is 22.0 Å². The number of carbonyl (C=O) groups is 1. The Balaban J connectivity index is 1.46. The van der Waals surface area contributed by atoms with Gasteiger partial charge in [-0.15, -0.1) is 0 Å². The van der Waals surface area contributed by atoms with Crippen LogP contribution in [0.1, 0.15) is 21.5 Å². The maximum absolute atomic E-state index is 12.8. The molecule has 3 aromatic carbocycles. The van der Waals surface area contributed by atoms with Crippen molar-refractivity contribution in [2.75, 3.05) is 11.3 Å². The van der Waals surface area contributed by atoms with E-state index in [1.807, 2.05) is 37.3 Å². The number of fused-ring (bicyclic) bond motifs is 1. The maximum Gasteiger partial charge on any atom is 0.261 e. The molecule has 1 amide bonds. The first-order chi connectivity index (χ1) is 14.8. The van der Waals surface area contributed by atoms with Gasteiger partial charge >= 0.3 is 0 Å². The van der Waals surface area contributed by atoms with Crippen molar-refractivity contribution in [2.45, 2.75) is 24.3 Å². The summed E-state index contributed by atoms with van der Waals surface area (Å²) < 4.78 is 33.9. The molecule has 3 aromatic rings. The third kappa shape index (κ3) is 4.84. The van der Waals surface area contributed by atoms with E-state index in [2.05, 4.69) is 10.0 Å².